The van der Waals surface area contributed by atoms with E-state index in [2.05, 4.69) is 24.8 Å². The van der Waals surface area contributed by atoms with Crippen molar-refractivity contribution in [2.45, 2.75) is 12.8 Å². The summed E-state index contributed by atoms with van der Waals surface area (Å²) < 4.78 is 32.4. The number of aromatic amines is 1. The van der Waals surface area contributed by atoms with Gasteiger partial charge in [-0.3, -0.25) is 4.90 Å². The molecule has 0 unspecified atom stereocenters. The quantitative estimate of drug-likeness (QED) is 0.710. The smallest absolute Gasteiger partial charge is 0.159 e. The van der Waals surface area contributed by atoms with Crippen molar-refractivity contribution in [2.75, 3.05) is 50.8 Å². The number of rotatable bonds is 4. The normalized spacial score (nSPS) is 18.9. The van der Waals surface area contributed by atoms with Crippen LogP contribution in [0.1, 0.15) is 12.8 Å². The lowest BCUT2D eigenvalue weighted by molar-refractivity contribution is 0.0289. The molecule has 2 aromatic heterocycles. The molecule has 30 heavy (non-hydrogen) atoms. The van der Waals surface area contributed by atoms with Crippen LogP contribution < -0.4 is 4.90 Å². The van der Waals surface area contributed by atoms with Gasteiger partial charge in [-0.05, 0) is 43.0 Å². The Hall–Kier alpha value is -2.58. The van der Waals surface area contributed by atoms with Gasteiger partial charge in [0.05, 0.1) is 18.7 Å². The number of aromatic nitrogens is 3. The lowest BCUT2D eigenvalue weighted by Gasteiger charge is -2.36. The van der Waals surface area contributed by atoms with Crippen LogP contribution in [0.3, 0.4) is 0 Å². The second-order valence-electron chi connectivity index (χ2n) is 8.09. The van der Waals surface area contributed by atoms with E-state index in [4.69, 9.17) is 4.74 Å². The molecule has 3 aromatic rings. The van der Waals surface area contributed by atoms with Crippen molar-refractivity contribution in [1.29, 1.82) is 0 Å². The Bertz CT molecular complexity index is 1030. The Morgan fingerprint density at radius 2 is 1.83 bits per heavy atom. The summed E-state index contributed by atoms with van der Waals surface area (Å²) in [7, 11) is 0. The van der Waals surface area contributed by atoms with Gasteiger partial charge in [-0.15, -0.1) is 0 Å². The molecule has 0 saturated carbocycles. The first-order valence-electron chi connectivity index (χ1n) is 10.5. The maximum atomic E-state index is 13.6. The Kier molecular flexibility index (Phi) is 5.35. The number of halogens is 2. The van der Waals surface area contributed by atoms with E-state index in [0.717, 1.165) is 87.8 Å². The zero-order valence-corrected chi connectivity index (χ0v) is 16.8. The minimum absolute atomic E-state index is 0.514. The largest absolute Gasteiger partial charge is 0.379 e. The monoisotopic (exact) mass is 413 g/mol. The average molecular weight is 413 g/mol. The van der Waals surface area contributed by atoms with Crippen molar-refractivity contribution < 1.29 is 13.5 Å². The van der Waals surface area contributed by atoms with Crippen LogP contribution in [-0.4, -0.2) is 65.8 Å². The maximum Gasteiger partial charge on any atom is 0.159 e. The number of ether oxygens (including phenoxy) is 1. The second kappa shape index (κ2) is 8.28. The maximum absolute atomic E-state index is 13.6. The first kappa shape index (κ1) is 19.4. The molecule has 2 saturated heterocycles. The van der Waals surface area contributed by atoms with Crippen LogP contribution in [0.25, 0.3) is 22.4 Å². The number of hydrogen-bond acceptors (Lipinski definition) is 5. The number of H-pyrrole nitrogens is 1. The number of nitrogens with zero attached hydrogens (tertiary/aromatic N) is 4. The molecule has 2 aliphatic rings. The van der Waals surface area contributed by atoms with Gasteiger partial charge < -0.3 is 14.6 Å². The predicted molar refractivity (Wildman–Crippen MR) is 111 cm³/mol. The van der Waals surface area contributed by atoms with Crippen molar-refractivity contribution >= 4 is 16.9 Å². The van der Waals surface area contributed by atoms with Crippen LogP contribution in [-0.2, 0) is 4.74 Å². The number of anilines is 1. The number of fused-ring (bicyclic) bond motifs is 1. The Morgan fingerprint density at radius 1 is 1.03 bits per heavy atom. The lowest BCUT2D eigenvalue weighted by Crippen LogP contribution is -2.43. The third kappa shape index (κ3) is 3.89. The van der Waals surface area contributed by atoms with E-state index < -0.39 is 11.6 Å². The summed E-state index contributed by atoms with van der Waals surface area (Å²) in [4.78, 5) is 17.3. The summed E-state index contributed by atoms with van der Waals surface area (Å²) in [5.74, 6) is 0.309. The molecule has 6 nitrogen and oxygen atoms in total. The Balaban J connectivity index is 1.32. The number of morpholine rings is 1. The van der Waals surface area contributed by atoms with Crippen LogP contribution in [0, 0.1) is 17.6 Å². The van der Waals surface area contributed by atoms with Crippen LogP contribution in [0.4, 0.5) is 14.6 Å². The number of hydrogen-bond donors (Lipinski definition) is 1. The average Bonchev–Trinajstić information content (AvgIpc) is 3.21. The zero-order chi connectivity index (χ0) is 20.5. The highest BCUT2D eigenvalue weighted by atomic mass is 19.2. The Morgan fingerprint density at radius 3 is 2.60 bits per heavy atom. The van der Waals surface area contributed by atoms with Gasteiger partial charge in [-0.2, -0.15) is 0 Å². The minimum Gasteiger partial charge on any atom is -0.379 e. The van der Waals surface area contributed by atoms with E-state index >= 15 is 0 Å². The summed E-state index contributed by atoms with van der Waals surface area (Å²) in [5, 5.41) is 0. The topological polar surface area (TPSA) is 57.3 Å². The van der Waals surface area contributed by atoms with E-state index in [0.29, 0.717) is 17.3 Å². The molecule has 0 amide bonds. The molecule has 0 radical (unpaired) electrons. The number of benzene rings is 1. The Labute approximate surface area is 173 Å². The summed E-state index contributed by atoms with van der Waals surface area (Å²) in [5.41, 5.74) is 2.12. The number of pyridine rings is 1. The molecule has 2 fully saturated rings. The fraction of sp³-hybridized carbons (Fsp3) is 0.455. The number of imidazole rings is 1. The fourth-order valence-electron chi connectivity index (χ4n) is 4.41. The third-order valence-corrected chi connectivity index (χ3v) is 6.11. The van der Waals surface area contributed by atoms with Gasteiger partial charge in [0.15, 0.2) is 17.5 Å². The highest BCUT2D eigenvalue weighted by Gasteiger charge is 2.25. The number of piperidine rings is 1. The van der Waals surface area contributed by atoms with E-state index in [1.54, 1.807) is 6.20 Å². The fourth-order valence-corrected chi connectivity index (χ4v) is 4.41. The third-order valence-electron chi connectivity index (χ3n) is 6.11. The van der Waals surface area contributed by atoms with Gasteiger partial charge in [0.1, 0.15) is 11.3 Å². The molecule has 158 valence electrons. The first-order chi connectivity index (χ1) is 14.7. The van der Waals surface area contributed by atoms with E-state index in [-0.39, 0.29) is 0 Å². The van der Waals surface area contributed by atoms with Gasteiger partial charge in [-0.25, -0.2) is 18.7 Å². The van der Waals surface area contributed by atoms with Gasteiger partial charge in [0.2, 0.25) is 0 Å². The summed E-state index contributed by atoms with van der Waals surface area (Å²) in [6.45, 7) is 6.75. The SMILES string of the molecule is Fc1ccc(-c2nc3c(N4CCC(CN5CCOCC5)CC4)nccc3[nH]2)cc1F. The molecule has 8 heteroatoms. The molecule has 5 rings (SSSR count). The molecule has 0 aliphatic carbocycles. The van der Waals surface area contributed by atoms with Crippen molar-refractivity contribution in [1.82, 2.24) is 19.9 Å². The molecule has 0 atom stereocenters. The van der Waals surface area contributed by atoms with Crippen molar-refractivity contribution in [3.05, 3.63) is 42.1 Å². The minimum atomic E-state index is -0.881. The molecule has 4 heterocycles. The van der Waals surface area contributed by atoms with Gasteiger partial charge in [0.25, 0.3) is 0 Å². The summed E-state index contributed by atoms with van der Waals surface area (Å²) in [6, 6.07) is 5.67. The van der Waals surface area contributed by atoms with Crippen molar-refractivity contribution in [3.63, 3.8) is 0 Å². The molecule has 1 aromatic carbocycles. The zero-order valence-electron chi connectivity index (χ0n) is 16.8. The van der Waals surface area contributed by atoms with Crippen LogP contribution in [0.2, 0.25) is 0 Å². The molecule has 0 spiro atoms. The predicted octanol–water partition coefficient (Wildman–Crippen LogP) is 3.45. The van der Waals surface area contributed by atoms with E-state index in [1.165, 1.54) is 6.07 Å². The highest BCUT2D eigenvalue weighted by molar-refractivity contribution is 5.88. The highest BCUT2D eigenvalue weighted by Crippen LogP contribution is 2.30. The van der Waals surface area contributed by atoms with Gasteiger partial charge >= 0.3 is 0 Å². The second-order valence-corrected chi connectivity index (χ2v) is 8.09. The lowest BCUT2D eigenvalue weighted by atomic mass is 9.96. The molecular formula is C22H25F2N5O. The molecule has 0 bridgehead atoms. The molecular weight excluding hydrogens is 388 g/mol. The first-order valence-corrected chi connectivity index (χ1v) is 10.5. The molecule has 2 aliphatic heterocycles. The van der Waals surface area contributed by atoms with Crippen molar-refractivity contribution in [3.8, 4) is 11.4 Å². The van der Waals surface area contributed by atoms with Crippen LogP contribution >= 0.6 is 0 Å². The summed E-state index contributed by atoms with van der Waals surface area (Å²) in [6.07, 6.45) is 4.01. The van der Waals surface area contributed by atoms with E-state index in [1.807, 2.05) is 6.07 Å². The van der Waals surface area contributed by atoms with Crippen LogP contribution in [0.15, 0.2) is 30.5 Å². The standard InChI is InChI=1S/C22H25F2N5O/c23-17-2-1-16(13-18(17)24)21-26-19-3-6-25-22(20(19)27-21)29-7-4-15(5-8-29)14-28-9-11-30-12-10-28/h1-3,6,13,15H,4-5,7-12,14H2,(H,26,27). The van der Waals surface area contributed by atoms with Crippen LogP contribution in [0.5, 0.6) is 0 Å². The van der Waals surface area contributed by atoms with Gasteiger partial charge in [0, 0.05) is 44.5 Å². The van der Waals surface area contributed by atoms with E-state index in [9.17, 15) is 8.78 Å². The molecule has 1 N–H and O–H groups in total. The van der Waals surface area contributed by atoms with Gasteiger partial charge in [-0.1, -0.05) is 0 Å². The van der Waals surface area contributed by atoms with Crippen molar-refractivity contribution in [2.24, 2.45) is 5.92 Å². The summed E-state index contributed by atoms with van der Waals surface area (Å²) >= 11 is 0. The number of nitrogens with one attached hydrogen (secondary N) is 1.